The predicted molar refractivity (Wildman–Crippen MR) is 186 cm³/mol. The molecule has 9 rings (SSSR count). The summed E-state index contributed by atoms with van der Waals surface area (Å²) in [5.74, 6) is 0. The Bertz CT molecular complexity index is 2510. The molecule has 0 bridgehead atoms. The third-order valence-corrected chi connectivity index (χ3v) is 8.80. The van der Waals surface area contributed by atoms with E-state index >= 15 is 0 Å². The number of rotatable bonds is 4. The van der Waals surface area contributed by atoms with Gasteiger partial charge in [0.15, 0.2) is 0 Å². The van der Waals surface area contributed by atoms with Crippen molar-refractivity contribution in [2.75, 3.05) is 4.90 Å². The maximum Gasteiger partial charge on any atom is 0.137 e. The van der Waals surface area contributed by atoms with Gasteiger partial charge in [0.2, 0.25) is 0 Å². The SMILES string of the molecule is c1ccc(-c2cccc(N(c3ccc4c(c3)oc3ccccc34)c3cc4ccc5ccccc5c4c4ccccc34)c2)cc1. The largest absolute Gasteiger partial charge is 0.456 e. The van der Waals surface area contributed by atoms with Crippen molar-refractivity contribution < 1.29 is 4.42 Å². The fourth-order valence-corrected chi connectivity index (χ4v) is 6.78. The van der Waals surface area contributed by atoms with Crippen LogP contribution in [0.3, 0.4) is 0 Å². The van der Waals surface area contributed by atoms with E-state index in [2.05, 4.69) is 157 Å². The maximum atomic E-state index is 6.39. The summed E-state index contributed by atoms with van der Waals surface area (Å²) in [5, 5.41) is 9.72. The van der Waals surface area contributed by atoms with Gasteiger partial charge in [-0.2, -0.15) is 0 Å². The molecule has 8 aromatic carbocycles. The molecule has 0 N–H and O–H groups in total. The zero-order valence-corrected chi connectivity index (χ0v) is 23.9. The van der Waals surface area contributed by atoms with Crippen molar-refractivity contribution in [3.8, 4) is 11.1 Å². The summed E-state index contributed by atoms with van der Waals surface area (Å²) in [7, 11) is 0. The van der Waals surface area contributed by atoms with Gasteiger partial charge in [-0.1, -0.05) is 121 Å². The van der Waals surface area contributed by atoms with Crippen LogP contribution >= 0.6 is 0 Å². The van der Waals surface area contributed by atoms with Crippen LogP contribution in [0.5, 0.6) is 0 Å². The Labute approximate surface area is 255 Å². The van der Waals surface area contributed by atoms with Crippen LogP contribution in [0.25, 0.3) is 65.4 Å². The molecule has 2 heteroatoms. The molecule has 0 aliphatic carbocycles. The zero-order chi connectivity index (χ0) is 29.0. The number of benzene rings is 8. The molecular weight excluding hydrogens is 534 g/mol. The Morgan fingerprint density at radius 3 is 1.91 bits per heavy atom. The Morgan fingerprint density at radius 2 is 1.02 bits per heavy atom. The highest BCUT2D eigenvalue weighted by Gasteiger charge is 2.20. The quantitative estimate of drug-likeness (QED) is 0.199. The van der Waals surface area contributed by atoms with Crippen LogP contribution in [0, 0.1) is 0 Å². The first-order chi connectivity index (χ1) is 21.8. The maximum absolute atomic E-state index is 6.39. The molecule has 9 aromatic rings. The average Bonchev–Trinajstić information content (AvgIpc) is 3.47. The summed E-state index contributed by atoms with van der Waals surface area (Å²) in [6.07, 6.45) is 0. The topological polar surface area (TPSA) is 16.4 Å². The molecule has 0 radical (unpaired) electrons. The Kier molecular flexibility index (Phi) is 5.54. The molecule has 2 nitrogen and oxygen atoms in total. The molecule has 0 saturated heterocycles. The third kappa shape index (κ3) is 3.89. The van der Waals surface area contributed by atoms with Gasteiger partial charge in [0.25, 0.3) is 0 Å². The Morgan fingerprint density at radius 1 is 0.364 bits per heavy atom. The second kappa shape index (κ2) is 9.86. The van der Waals surface area contributed by atoms with Crippen LogP contribution in [0.2, 0.25) is 0 Å². The summed E-state index contributed by atoms with van der Waals surface area (Å²) >= 11 is 0. The minimum atomic E-state index is 0.879. The van der Waals surface area contributed by atoms with E-state index in [-0.39, 0.29) is 0 Å². The predicted octanol–water partition coefficient (Wildman–Crippen LogP) is 12.2. The molecule has 0 unspecified atom stereocenters. The van der Waals surface area contributed by atoms with Crippen molar-refractivity contribution in [1.29, 1.82) is 0 Å². The van der Waals surface area contributed by atoms with Crippen molar-refractivity contribution in [1.82, 2.24) is 0 Å². The molecule has 0 aliphatic heterocycles. The van der Waals surface area contributed by atoms with Gasteiger partial charge in [0, 0.05) is 33.6 Å². The van der Waals surface area contributed by atoms with Crippen LogP contribution in [-0.2, 0) is 0 Å². The minimum absolute atomic E-state index is 0.879. The van der Waals surface area contributed by atoms with Gasteiger partial charge in [0.1, 0.15) is 11.2 Å². The van der Waals surface area contributed by atoms with Crippen molar-refractivity contribution in [3.63, 3.8) is 0 Å². The Hall–Kier alpha value is -5.86. The van der Waals surface area contributed by atoms with E-state index in [1.54, 1.807) is 0 Å². The van der Waals surface area contributed by atoms with Crippen molar-refractivity contribution >= 4 is 71.3 Å². The van der Waals surface area contributed by atoms with Crippen LogP contribution in [0.1, 0.15) is 0 Å². The highest BCUT2D eigenvalue weighted by molar-refractivity contribution is 6.23. The first kappa shape index (κ1) is 24.7. The van der Waals surface area contributed by atoms with Crippen LogP contribution in [-0.4, -0.2) is 0 Å². The van der Waals surface area contributed by atoms with Gasteiger partial charge < -0.3 is 9.32 Å². The number of furan rings is 1. The van der Waals surface area contributed by atoms with E-state index in [1.807, 2.05) is 12.1 Å². The van der Waals surface area contributed by atoms with Crippen LogP contribution in [0.4, 0.5) is 17.1 Å². The number of fused-ring (bicyclic) bond motifs is 8. The van der Waals surface area contributed by atoms with E-state index in [1.165, 1.54) is 43.4 Å². The molecule has 0 spiro atoms. The number of hydrogen-bond donors (Lipinski definition) is 0. The lowest BCUT2D eigenvalue weighted by Crippen LogP contribution is -2.10. The lowest BCUT2D eigenvalue weighted by atomic mass is 9.94. The van der Waals surface area contributed by atoms with Gasteiger partial charge in [0.05, 0.1) is 5.69 Å². The number of para-hydroxylation sites is 1. The standard InChI is InChI=1S/C42H27NO/c1-2-11-28(12-3-1)30-14-10-15-32(25-30)43(33-23-24-37-36-18-8-9-20-40(36)44-41(37)27-33)39-26-31-22-21-29-13-4-5-16-34(29)42(31)38-19-7-6-17-35(38)39/h1-27H. The number of hydrogen-bond acceptors (Lipinski definition) is 2. The summed E-state index contributed by atoms with van der Waals surface area (Å²) in [6, 6.07) is 58.6. The monoisotopic (exact) mass is 561 g/mol. The lowest BCUT2D eigenvalue weighted by molar-refractivity contribution is 0.669. The molecule has 44 heavy (non-hydrogen) atoms. The lowest BCUT2D eigenvalue weighted by Gasteiger charge is -2.28. The summed E-state index contributed by atoms with van der Waals surface area (Å²) in [4.78, 5) is 2.38. The van der Waals surface area contributed by atoms with E-state index in [9.17, 15) is 0 Å². The van der Waals surface area contributed by atoms with Gasteiger partial charge in [-0.05, 0) is 74.5 Å². The molecule has 1 aromatic heterocycles. The number of nitrogens with zero attached hydrogens (tertiary/aromatic N) is 1. The second-order valence-electron chi connectivity index (χ2n) is 11.4. The minimum Gasteiger partial charge on any atom is -0.456 e. The van der Waals surface area contributed by atoms with Gasteiger partial charge in [-0.25, -0.2) is 0 Å². The molecule has 1 heterocycles. The molecule has 0 saturated carbocycles. The van der Waals surface area contributed by atoms with Gasteiger partial charge in [-0.3, -0.25) is 0 Å². The first-order valence-corrected chi connectivity index (χ1v) is 15.0. The Balaban J connectivity index is 1.35. The highest BCUT2D eigenvalue weighted by Crippen LogP contribution is 2.45. The summed E-state index contributed by atoms with van der Waals surface area (Å²) < 4.78 is 6.39. The van der Waals surface area contributed by atoms with Crippen molar-refractivity contribution in [2.45, 2.75) is 0 Å². The molecule has 0 atom stereocenters. The molecule has 0 fully saturated rings. The average molecular weight is 562 g/mol. The fraction of sp³-hybridized carbons (Fsp3) is 0. The zero-order valence-electron chi connectivity index (χ0n) is 23.9. The third-order valence-electron chi connectivity index (χ3n) is 8.80. The summed E-state index contributed by atoms with van der Waals surface area (Å²) in [6.45, 7) is 0. The second-order valence-corrected chi connectivity index (χ2v) is 11.4. The van der Waals surface area contributed by atoms with Crippen molar-refractivity contribution in [3.05, 3.63) is 164 Å². The van der Waals surface area contributed by atoms with E-state index in [0.29, 0.717) is 0 Å². The van der Waals surface area contributed by atoms with Crippen molar-refractivity contribution in [2.24, 2.45) is 0 Å². The van der Waals surface area contributed by atoms with Crippen LogP contribution in [0.15, 0.2) is 168 Å². The smallest absolute Gasteiger partial charge is 0.137 e. The molecule has 0 amide bonds. The first-order valence-electron chi connectivity index (χ1n) is 15.0. The summed E-state index contributed by atoms with van der Waals surface area (Å²) in [5.41, 5.74) is 7.42. The molecular formula is C42H27NO. The van der Waals surface area contributed by atoms with Gasteiger partial charge >= 0.3 is 0 Å². The van der Waals surface area contributed by atoms with E-state index in [4.69, 9.17) is 4.42 Å². The normalized spacial score (nSPS) is 11.6. The fourth-order valence-electron chi connectivity index (χ4n) is 6.78. The highest BCUT2D eigenvalue weighted by atomic mass is 16.3. The van der Waals surface area contributed by atoms with E-state index < -0.39 is 0 Å². The number of anilines is 3. The molecule has 206 valence electrons. The van der Waals surface area contributed by atoms with Crippen LogP contribution < -0.4 is 4.90 Å². The van der Waals surface area contributed by atoms with E-state index in [0.717, 1.165) is 39.0 Å². The van der Waals surface area contributed by atoms with Gasteiger partial charge in [-0.15, -0.1) is 0 Å². The molecule has 0 aliphatic rings.